The zero-order chi connectivity index (χ0) is 27.4. The van der Waals surface area contributed by atoms with E-state index < -0.39 is 0 Å². The molecule has 0 aliphatic heterocycles. The molecule has 0 spiro atoms. The Labute approximate surface area is 239 Å². The lowest BCUT2D eigenvalue weighted by Crippen LogP contribution is -2.16. The summed E-state index contributed by atoms with van der Waals surface area (Å²) in [6, 6.07) is 34.3. The molecule has 0 radical (unpaired) electrons. The van der Waals surface area contributed by atoms with E-state index in [4.69, 9.17) is 23.2 Å². The van der Waals surface area contributed by atoms with Gasteiger partial charge in [-0.05, 0) is 59.7 Å². The van der Waals surface area contributed by atoms with Crippen LogP contribution in [0.25, 0.3) is 43.6 Å². The van der Waals surface area contributed by atoms with Gasteiger partial charge in [-0.15, -0.1) is 0 Å². The van der Waals surface area contributed by atoms with Crippen molar-refractivity contribution in [3.05, 3.63) is 151 Å². The number of halogens is 2. The molecule has 2 heterocycles. The van der Waals surface area contributed by atoms with Crippen molar-refractivity contribution in [1.82, 2.24) is 9.13 Å². The average Bonchev–Trinajstić information content (AvgIpc) is 2.98. The highest BCUT2D eigenvalue weighted by Crippen LogP contribution is 2.29. The molecule has 0 bridgehead atoms. The van der Waals surface area contributed by atoms with Crippen LogP contribution >= 0.6 is 23.2 Å². The molecular formula is C34H22Cl2N2O2. The Bertz CT molecular complexity index is 2090. The summed E-state index contributed by atoms with van der Waals surface area (Å²) in [5, 5.41) is 3.60. The second kappa shape index (κ2) is 9.67. The third-order valence-electron chi connectivity index (χ3n) is 7.64. The van der Waals surface area contributed by atoms with Crippen LogP contribution < -0.4 is 10.9 Å². The molecule has 0 aliphatic carbocycles. The first kappa shape index (κ1) is 24.6. The first-order valence-electron chi connectivity index (χ1n) is 13.0. The lowest BCUT2D eigenvalue weighted by atomic mass is 10.0. The minimum Gasteiger partial charge on any atom is -0.336 e. The van der Waals surface area contributed by atoms with Gasteiger partial charge in [0.15, 0.2) is 10.9 Å². The van der Waals surface area contributed by atoms with Gasteiger partial charge in [0.05, 0.1) is 22.1 Å². The fourth-order valence-corrected chi connectivity index (χ4v) is 6.06. The smallest absolute Gasteiger partial charge is 0.197 e. The largest absolute Gasteiger partial charge is 0.336 e. The van der Waals surface area contributed by atoms with E-state index in [9.17, 15) is 9.59 Å². The SMILES string of the molecule is O=c1c2ccccc2n(Cc2ccccc2Cl)c2cc3c(=O)c4ccccc4n(Cc4ccccc4Cl)c3cc12. The number of rotatable bonds is 4. The quantitative estimate of drug-likeness (QED) is 0.204. The summed E-state index contributed by atoms with van der Waals surface area (Å²) in [5.41, 5.74) is 4.65. The van der Waals surface area contributed by atoms with Crippen molar-refractivity contribution < 1.29 is 0 Å². The fourth-order valence-electron chi connectivity index (χ4n) is 5.67. The number of hydrogen-bond acceptors (Lipinski definition) is 2. The third-order valence-corrected chi connectivity index (χ3v) is 8.37. The molecular weight excluding hydrogens is 539 g/mol. The van der Waals surface area contributed by atoms with Gasteiger partial charge < -0.3 is 9.13 Å². The molecule has 0 amide bonds. The van der Waals surface area contributed by atoms with Crippen molar-refractivity contribution in [3.63, 3.8) is 0 Å². The Morgan fingerprint density at radius 3 is 1.25 bits per heavy atom. The lowest BCUT2D eigenvalue weighted by Gasteiger charge is -2.19. The molecule has 0 N–H and O–H groups in total. The van der Waals surface area contributed by atoms with Crippen molar-refractivity contribution in [2.45, 2.75) is 13.1 Å². The minimum atomic E-state index is -0.0761. The topological polar surface area (TPSA) is 44.0 Å². The summed E-state index contributed by atoms with van der Waals surface area (Å²) >= 11 is 13.1. The molecule has 0 saturated heterocycles. The van der Waals surface area contributed by atoms with E-state index in [0.717, 1.165) is 22.2 Å². The van der Waals surface area contributed by atoms with Gasteiger partial charge in [-0.2, -0.15) is 0 Å². The second-order valence-electron chi connectivity index (χ2n) is 9.93. The normalized spacial score (nSPS) is 11.7. The van der Waals surface area contributed by atoms with E-state index in [1.165, 1.54) is 0 Å². The highest BCUT2D eigenvalue weighted by Gasteiger charge is 2.18. The molecule has 5 aromatic carbocycles. The molecule has 40 heavy (non-hydrogen) atoms. The number of benzene rings is 5. The van der Waals surface area contributed by atoms with Crippen LogP contribution in [0.3, 0.4) is 0 Å². The molecule has 0 atom stereocenters. The van der Waals surface area contributed by atoms with Crippen LogP contribution in [0.5, 0.6) is 0 Å². The molecule has 194 valence electrons. The summed E-state index contributed by atoms with van der Waals surface area (Å²) in [6.45, 7) is 0.897. The molecule has 0 aliphatic rings. The average molecular weight is 561 g/mol. The lowest BCUT2D eigenvalue weighted by molar-refractivity contribution is 0.857. The standard InChI is InChI=1S/C34H22Cl2N2O2/c35-27-13-5-1-9-21(27)19-37-29-15-7-3-11-23(29)33(39)25-18-32-26(17-31(25)37)34(40)24-12-4-8-16-30(24)38(32)20-22-10-2-6-14-28(22)36/h1-18H,19-20H2. The zero-order valence-corrected chi connectivity index (χ0v) is 22.8. The van der Waals surface area contributed by atoms with Gasteiger partial charge in [-0.3, -0.25) is 9.59 Å². The molecule has 7 aromatic rings. The van der Waals surface area contributed by atoms with Crippen LogP contribution in [-0.2, 0) is 13.1 Å². The summed E-state index contributed by atoms with van der Waals surface area (Å²) in [7, 11) is 0. The third kappa shape index (κ3) is 3.91. The van der Waals surface area contributed by atoms with E-state index in [0.29, 0.717) is 55.7 Å². The van der Waals surface area contributed by atoms with E-state index in [1.54, 1.807) is 0 Å². The van der Waals surface area contributed by atoms with E-state index in [1.807, 2.05) is 109 Å². The van der Waals surface area contributed by atoms with Crippen molar-refractivity contribution in [1.29, 1.82) is 0 Å². The summed E-state index contributed by atoms with van der Waals surface area (Å²) in [6.07, 6.45) is 0. The van der Waals surface area contributed by atoms with Crippen molar-refractivity contribution in [3.8, 4) is 0 Å². The molecule has 2 aromatic heterocycles. The number of pyridine rings is 2. The first-order valence-corrected chi connectivity index (χ1v) is 13.7. The molecule has 0 fully saturated rings. The van der Waals surface area contributed by atoms with Gasteiger partial charge in [0.2, 0.25) is 0 Å². The van der Waals surface area contributed by atoms with Gasteiger partial charge in [-0.25, -0.2) is 0 Å². The maximum Gasteiger partial charge on any atom is 0.197 e. The van der Waals surface area contributed by atoms with E-state index in [-0.39, 0.29) is 10.9 Å². The Balaban J connectivity index is 1.62. The molecule has 6 heteroatoms. The van der Waals surface area contributed by atoms with Gasteiger partial charge in [0.25, 0.3) is 0 Å². The van der Waals surface area contributed by atoms with E-state index in [2.05, 4.69) is 9.13 Å². The van der Waals surface area contributed by atoms with Crippen LogP contribution in [0.2, 0.25) is 10.0 Å². The van der Waals surface area contributed by atoms with E-state index >= 15 is 0 Å². The van der Waals surface area contributed by atoms with Gasteiger partial charge >= 0.3 is 0 Å². The summed E-state index contributed by atoms with van der Waals surface area (Å²) in [4.78, 5) is 27.9. The number of nitrogens with zero attached hydrogens (tertiary/aromatic N) is 2. The van der Waals surface area contributed by atoms with Crippen LogP contribution in [0, 0.1) is 0 Å². The van der Waals surface area contributed by atoms with Gasteiger partial charge in [0.1, 0.15) is 0 Å². The van der Waals surface area contributed by atoms with Crippen LogP contribution in [0.1, 0.15) is 11.1 Å². The van der Waals surface area contributed by atoms with Crippen molar-refractivity contribution in [2.75, 3.05) is 0 Å². The Kier molecular flexibility index (Phi) is 5.96. The van der Waals surface area contributed by atoms with Crippen LogP contribution in [-0.4, -0.2) is 9.13 Å². The molecule has 4 nitrogen and oxygen atoms in total. The maximum absolute atomic E-state index is 13.9. The van der Waals surface area contributed by atoms with Crippen LogP contribution in [0.15, 0.2) is 119 Å². The summed E-state index contributed by atoms with van der Waals surface area (Å²) < 4.78 is 4.17. The highest BCUT2D eigenvalue weighted by atomic mass is 35.5. The van der Waals surface area contributed by atoms with Crippen molar-refractivity contribution >= 4 is 66.8 Å². The molecule has 0 saturated carbocycles. The molecule has 0 unspecified atom stereocenters. The predicted molar refractivity (Wildman–Crippen MR) is 166 cm³/mol. The monoisotopic (exact) mass is 560 g/mol. The Hall–Kier alpha value is -4.38. The summed E-state index contributed by atoms with van der Waals surface area (Å²) in [5.74, 6) is 0. The zero-order valence-electron chi connectivity index (χ0n) is 21.3. The van der Waals surface area contributed by atoms with Gasteiger partial charge in [0, 0.05) is 44.7 Å². The number of aromatic nitrogens is 2. The van der Waals surface area contributed by atoms with Crippen LogP contribution in [0.4, 0.5) is 0 Å². The Morgan fingerprint density at radius 1 is 0.450 bits per heavy atom. The number of para-hydroxylation sites is 2. The predicted octanol–water partition coefficient (Wildman–Crippen LogP) is 8.03. The number of fused-ring (bicyclic) bond motifs is 4. The van der Waals surface area contributed by atoms with Gasteiger partial charge in [-0.1, -0.05) is 83.9 Å². The first-order chi connectivity index (χ1) is 19.5. The van der Waals surface area contributed by atoms with Crippen molar-refractivity contribution in [2.24, 2.45) is 0 Å². The minimum absolute atomic E-state index is 0.0761. The maximum atomic E-state index is 13.9. The second-order valence-corrected chi connectivity index (χ2v) is 10.7. The Morgan fingerprint density at radius 2 is 0.825 bits per heavy atom. The fraction of sp³-hybridized carbons (Fsp3) is 0.0588. The molecule has 7 rings (SSSR count). The highest BCUT2D eigenvalue weighted by molar-refractivity contribution is 6.31. The number of hydrogen-bond donors (Lipinski definition) is 0.